The van der Waals surface area contributed by atoms with E-state index >= 15 is 0 Å². The molecular weight excluding hydrogens is 230 g/mol. The summed E-state index contributed by atoms with van der Waals surface area (Å²) in [6.45, 7) is 0. The molecule has 90 valence electrons. The van der Waals surface area contributed by atoms with Gasteiger partial charge < -0.3 is 10.3 Å². The molecule has 1 aromatic carbocycles. The highest BCUT2D eigenvalue weighted by Gasteiger charge is 2.01. The Balaban J connectivity index is 2.49. The Labute approximate surface area is 103 Å². The van der Waals surface area contributed by atoms with Gasteiger partial charge in [0.15, 0.2) is 0 Å². The second-order valence-electron chi connectivity index (χ2n) is 3.84. The van der Waals surface area contributed by atoms with Gasteiger partial charge in [0.25, 0.3) is 5.56 Å². The molecule has 0 fully saturated rings. The van der Waals surface area contributed by atoms with Gasteiger partial charge in [-0.3, -0.25) is 9.59 Å². The molecule has 0 saturated heterocycles. The van der Waals surface area contributed by atoms with Crippen molar-refractivity contribution in [3.63, 3.8) is 0 Å². The monoisotopic (exact) mass is 241 g/mol. The third-order valence-corrected chi connectivity index (χ3v) is 2.41. The van der Waals surface area contributed by atoms with Crippen molar-refractivity contribution in [1.29, 1.82) is 0 Å². The van der Waals surface area contributed by atoms with Crippen molar-refractivity contribution in [2.75, 3.05) is 0 Å². The summed E-state index contributed by atoms with van der Waals surface area (Å²) in [6.07, 6.45) is 1.48. The van der Waals surface area contributed by atoms with Gasteiger partial charge in [0.1, 0.15) is 0 Å². The molecule has 0 unspecified atom stereocenters. The number of primary amides is 1. The van der Waals surface area contributed by atoms with Crippen molar-refractivity contribution >= 4 is 16.8 Å². The number of nitrogens with zero attached hydrogens (tertiary/aromatic N) is 2. The van der Waals surface area contributed by atoms with E-state index in [1.165, 1.54) is 10.9 Å². The Kier molecular flexibility index (Phi) is 3.11. The lowest BCUT2D eigenvalue weighted by atomic mass is 10.1. The zero-order chi connectivity index (χ0) is 13.1. The zero-order valence-electron chi connectivity index (χ0n) is 9.80. The van der Waals surface area contributed by atoms with E-state index in [1.807, 2.05) is 0 Å². The van der Waals surface area contributed by atoms with Gasteiger partial charge in [-0.25, -0.2) is 4.98 Å². The molecule has 0 aliphatic heterocycles. The largest absolute Gasteiger partial charge is 0.369 e. The quantitative estimate of drug-likeness (QED) is 0.722. The Morgan fingerprint density at radius 3 is 3.00 bits per heavy atom. The van der Waals surface area contributed by atoms with Gasteiger partial charge in [-0.05, 0) is 18.2 Å². The molecule has 0 bridgehead atoms. The van der Waals surface area contributed by atoms with Crippen molar-refractivity contribution in [3.8, 4) is 11.8 Å². The first kappa shape index (κ1) is 11.9. The van der Waals surface area contributed by atoms with Crippen LogP contribution < -0.4 is 11.3 Å². The Morgan fingerprint density at radius 2 is 2.28 bits per heavy atom. The zero-order valence-corrected chi connectivity index (χ0v) is 9.80. The van der Waals surface area contributed by atoms with E-state index in [-0.39, 0.29) is 12.0 Å². The molecule has 1 heterocycles. The lowest BCUT2D eigenvalue weighted by Crippen LogP contribution is -2.16. The highest BCUT2D eigenvalue weighted by Crippen LogP contribution is 2.08. The van der Waals surface area contributed by atoms with E-state index in [0.717, 1.165) is 0 Å². The molecular formula is C13H11N3O2. The van der Waals surface area contributed by atoms with Crippen LogP contribution in [-0.4, -0.2) is 15.5 Å². The maximum absolute atomic E-state index is 11.9. The first-order valence-corrected chi connectivity index (χ1v) is 5.30. The van der Waals surface area contributed by atoms with Crippen molar-refractivity contribution in [2.45, 2.75) is 6.42 Å². The summed E-state index contributed by atoms with van der Waals surface area (Å²) in [7, 11) is 1.64. The van der Waals surface area contributed by atoms with Crippen LogP contribution in [-0.2, 0) is 11.8 Å². The normalized spacial score (nSPS) is 9.83. The molecule has 1 amide bonds. The number of rotatable bonds is 1. The van der Waals surface area contributed by atoms with E-state index in [2.05, 4.69) is 16.8 Å². The van der Waals surface area contributed by atoms with E-state index < -0.39 is 5.91 Å². The minimum atomic E-state index is -0.471. The van der Waals surface area contributed by atoms with Crippen LogP contribution in [0.1, 0.15) is 12.0 Å². The number of hydrogen-bond acceptors (Lipinski definition) is 3. The van der Waals surface area contributed by atoms with E-state index in [4.69, 9.17) is 5.73 Å². The molecule has 0 aliphatic rings. The van der Waals surface area contributed by atoms with Crippen LogP contribution in [0.3, 0.4) is 0 Å². The lowest BCUT2D eigenvalue weighted by molar-refractivity contribution is -0.117. The van der Waals surface area contributed by atoms with Crippen molar-refractivity contribution in [3.05, 3.63) is 40.4 Å². The van der Waals surface area contributed by atoms with Crippen molar-refractivity contribution < 1.29 is 4.79 Å². The predicted octanol–water partition coefficient (Wildman–Crippen LogP) is 0.160. The van der Waals surface area contributed by atoms with Crippen LogP contribution in [0.15, 0.2) is 29.3 Å². The summed E-state index contributed by atoms with van der Waals surface area (Å²) in [6, 6.07) is 5.15. The minimum Gasteiger partial charge on any atom is -0.369 e. The highest BCUT2D eigenvalue weighted by molar-refractivity contribution is 5.79. The fourth-order valence-electron chi connectivity index (χ4n) is 1.52. The molecule has 5 heteroatoms. The fraction of sp³-hybridized carbons (Fsp3) is 0.154. The van der Waals surface area contributed by atoms with Crippen LogP contribution in [0.4, 0.5) is 0 Å². The number of carbonyl (C=O) groups is 1. The molecule has 0 spiro atoms. The number of nitrogens with two attached hydrogens (primary N) is 1. The number of aromatic nitrogens is 2. The van der Waals surface area contributed by atoms with E-state index in [1.54, 1.807) is 25.2 Å². The second-order valence-corrected chi connectivity index (χ2v) is 3.84. The summed E-state index contributed by atoms with van der Waals surface area (Å²) in [5, 5.41) is 0.505. The average molecular weight is 241 g/mol. The molecule has 0 atom stereocenters. The first-order valence-electron chi connectivity index (χ1n) is 5.30. The van der Waals surface area contributed by atoms with Gasteiger partial charge in [0.2, 0.25) is 5.91 Å². The molecule has 0 radical (unpaired) electrons. The molecule has 1 aromatic heterocycles. The standard InChI is InChI=1S/C13H11N3O2/c1-16-8-15-11-6-5-9(3-2-4-12(14)17)7-10(11)13(16)18/h5-8H,4H2,1H3,(H2,14,17). The van der Waals surface area contributed by atoms with Gasteiger partial charge in [-0.1, -0.05) is 11.8 Å². The number of carbonyl (C=O) groups excluding carboxylic acids is 1. The fourth-order valence-corrected chi connectivity index (χ4v) is 1.52. The Hall–Kier alpha value is -2.61. The third kappa shape index (κ3) is 2.38. The number of hydrogen-bond donors (Lipinski definition) is 1. The molecule has 5 nitrogen and oxygen atoms in total. The SMILES string of the molecule is Cn1cnc2ccc(C#CCC(N)=O)cc2c1=O. The molecule has 0 aliphatic carbocycles. The summed E-state index contributed by atoms with van der Waals surface area (Å²) < 4.78 is 1.41. The maximum Gasteiger partial charge on any atom is 0.260 e. The van der Waals surface area contributed by atoms with Crippen molar-refractivity contribution in [2.24, 2.45) is 12.8 Å². The Bertz CT molecular complexity index is 735. The van der Waals surface area contributed by atoms with Crippen LogP contribution >= 0.6 is 0 Å². The van der Waals surface area contributed by atoms with Gasteiger partial charge in [0, 0.05) is 12.6 Å². The van der Waals surface area contributed by atoms with Crippen LogP contribution in [0.25, 0.3) is 10.9 Å². The molecule has 2 N–H and O–H groups in total. The minimum absolute atomic E-state index is 0.00306. The van der Waals surface area contributed by atoms with Crippen LogP contribution in [0, 0.1) is 11.8 Å². The molecule has 18 heavy (non-hydrogen) atoms. The molecule has 2 aromatic rings. The Morgan fingerprint density at radius 1 is 1.50 bits per heavy atom. The van der Waals surface area contributed by atoms with Gasteiger partial charge in [-0.2, -0.15) is 0 Å². The highest BCUT2D eigenvalue weighted by atomic mass is 16.1. The summed E-state index contributed by atoms with van der Waals surface area (Å²) >= 11 is 0. The van der Waals surface area contributed by atoms with Crippen LogP contribution in [0.5, 0.6) is 0 Å². The third-order valence-electron chi connectivity index (χ3n) is 2.41. The summed E-state index contributed by atoms with van der Waals surface area (Å²) in [4.78, 5) is 26.6. The van der Waals surface area contributed by atoms with Crippen molar-refractivity contribution in [1.82, 2.24) is 9.55 Å². The second kappa shape index (κ2) is 4.72. The molecule has 0 saturated carbocycles. The topological polar surface area (TPSA) is 78.0 Å². The summed E-state index contributed by atoms with van der Waals surface area (Å²) in [5.41, 5.74) is 6.14. The summed E-state index contributed by atoms with van der Waals surface area (Å²) in [5.74, 6) is 4.96. The van der Waals surface area contributed by atoms with E-state index in [9.17, 15) is 9.59 Å². The smallest absolute Gasteiger partial charge is 0.260 e. The van der Waals surface area contributed by atoms with E-state index in [0.29, 0.717) is 16.5 Å². The maximum atomic E-state index is 11.9. The van der Waals surface area contributed by atoms with Gasteiger partial charge in [0.05, 0.1) is 23.7 Å². The first-order chi connectivity index (χ1) is 8.58. The predicted molar refractivity (Wildman–Crippen MR) is 67.7 cm³/mol. The van der Waals surface area contributed by atoms with Gasteiger partial charge >= 0.3 is 0 Å². The van der Waals surface area contributed by atoms with Crippen LogP contribution in [0.2, 0.25) is 0 Å². The number of amides is 1. The lowest BCUT2D eigenvalue weighted by Gasteiger charge is -2.00. The number of fused-ring (bicyclic) bond motifs is 1. The number of benzene rings is 1. The number of aryl methyl sites for hydroxylation is 1. The average Bonchev–Trinajstić information content (AvgIpc) is 2.34. The van der Waals surface area contributed by atoms with Gasteiger partial charge in [-0.15, -0.1) is 0 Å². The molecule has 2 rings (SSSR count).